The van der Waals surface area contributed by atoms with Gasteiger partial charge in [-0.2, -0.15) is 0 Å². The van der Waals surface area contributed by atoms with E-state index in [0.29, 0.717) is 31.0 Å². The minimum absolute atomic E-state index is 0.0417. The molecule has 1 aliphatic rings. The average molecular weight is 507 g/mol. The molecule has 1 aliphatic heterocycles. The maximum Gasteiger partial charge on any atom is 0.254 e. The Hall–Kier alpha value is -3.32. The van der Waals surface area contributed by atoms with Crippen LogP contribution in [0, 0.1) is 12.8 Å². The van der Waals surface area contributed by atoms with E-state index >= 15 is 0 Å². The largest absolute Gasteiger partial charge is 0.497 e. The van der Waals surface area contributed by atoms with Crippen LogP contribution in [0.5, 0.6) is 11.5 Å². The Morgan fingerprint density at radius 1 is 1.11 bits per heavy atom. The molecule has 2 heterocycles. The van der Waals surface area contributed by atoms with E-state index in [1.807, 2.05) is 60.4 Å². The molecule has 0 saturated carbocycles. The Bertz CT molecular complexity index is 1190. The van der Waals surface area contributed by atoms with Gasteiger partial charge in [0.1, 0.15) is 24.7 Å². The van der Waals surface area contributed by atoms with Crippen LogP contribution in [0.2, 0.25) is 0 Å². The summed E-state index contributed by atoms with van der Waals surface area (Å²) in [7, 11) is 1.62. The SMILES string of the molecule is COc1cccc(OCC2c3ccsc3CCN2C(=O)CN(CC(C)C)C(=O)c2ccc(C)cc2)c1. The number of ether oxygens (including phenoxy) is 2. The van der Waals surface area contributed by atoms with Crippen LogP contribution >= 0.6 is 11.3 Å². The summed E-state index contributed by atoms with van der Waals surface area (Å²) >= 11 is 1.72. The first-order valence-corrected chi connectivity index (χ1v) is 13.2. The molecular weight excluding hydrogens is 472 g/mol. The fourth-order valence-corrected chi connectivity index (χ4v) is 5.46. The van der Waals surface area contributed by atoms with Crippen molar-refractivity contribution in [3.63, 3.8) is 0 Å². The van der Waals surface area contributed by atoms with Crippen LogP contribution in [0.25, 0.3) is 0 Å². The standard InChI is InChI=1S/C29H34N2O4S/c1-20(2)17-30(29(33)22-10-8-21(3)9-11-22)18-28(32)31-14-12-27-25(13-15-36-27)26(31)19-35-24-7-5-6-23(16-24)34-4/h5-11,13,15-16,20,26H,12,14,17-19H2,1-4H3. The number of aryl methyl sites for hydroxylation is 1. The maximum atomic E-state index is 13.7. The lowest BCUT2D eigenvalue weighted by molar-refractivity contribution is -0.135. The van der Waals surface area contributed by atoms with Gasteiger partial charge >= 0.3 is 0 Å². The molecule has 4 rings (SSSR count). The van der Waals surface area contributed by atoms with Crippen LogP contribution in [0.15, 0.2) is 60.0 Å². The minimum atomic E-state index is -0.214. The van der Waals surface area contributed by atoms with Gasteiger partial charge < -0.3 is 19.3 Å². The van der Waals surface area contributed by atoms with E-state index in [1.165, 1.54) is 4.88 Å². The highest BCUT2D eigenvalue weighted by atomic mass is 32.1. The van der Waals surface area contributed by atoms with E-state index in [0.717, 1.165) is 23.3 Å². The highest BCUT2D eigenvalue weighted by Crippen LogP contribution is 2.34. The zero-order valence-corrected chi connectivity index (χ0v) is 22.2. The zero-order valence-electron chi connectivity index (χ0n) is 21.4. The fraction of sp³-hybridized carbons (Fsp3) is 0.379. The summed E-state index contributed by atoms with van der Waals surface area (Å²) in [6, 6.07) is 16.9. The van der Waals surface area contributed by atoms with Gasteiger partial charge in [0.15, 0.2) is 0 Å². The van der Waals surface area contributed by atoms with E-state index in [-0.39, 0.29) is 30.3 Å². The van der Waals surface area contributed by atoms with Crippen LogP contribution in [0.1, 0.15) is 46.3 Å². The van der Waals surface area contributed by atoms with Gasteiger partial charge in [-0.3, -0.25) is 9.59 Å². The molecule has 36 heavy (non-hydrogen) atoms. The molecule has 2 aromatic carbocycles. The normalized spacial score (nSPS) is 14.9. The molecular formula is C29H34N2O4S. The van der Waals surface area contributed by atoms with Gasteiger partial charge in [-0.1, -0.05) is 37.6 Å². The molecule has 0 saturated heterocycles. The topological polar surface area (TPSA) is 59.1 Å². The highest BCUT2D eigenvalue weighted by molar-refractivity contribution is 7.10. The summed E-state index contributed by atoms with van der Waals surface area (Å²) in [5.41, 5.74) is 2.82. The molecule has 3 aromatic rings. The van der Waals surface area contributed by atoms with Crippen LogP contribution in [-0.2, 0) is 11.2 Å². The first-order chi connectivity index (χ1) is 17.4. The van der Waals surface area contributed by atoms with Crippen molar-refractivity contribution in [2.24, 2.45) is 5.92 Å². The summed E-state index contributed by atoms with van der Waals surface area (Å²) in [5.74, 6) is 1.48. The molecule has 0 fully saturated rings. The third-order valence-corrected chi connectivity index (χ3v) is 7.36. The molecule has 2 amide bonds. The van der Waals surface area contributed by atoms with Gasteiger partial charge in [-0.15, -0.1) is 11.3 Å². The number of rotatable bonds is 9. The van der Waals surface area contributed by atoms with Gasteiger partial charge in [0.05, 0.1) is 13.2 Å². The van der Waals surface area contributed by atoms with Crippen molar-refractivity contribution in [3.05, 3.63) is 81.5 Å². The van der Waals surface area contributed by atoms with E-state index in [1.54, 1.807) is 23.3 Å². The van der Waals surface area contributed by atoms with E-state index in [2.05, 4.69) is 25.3 Å². The lowest BCUT2D eigenvalue weighted by Crippen LogP contribution is -2.48. The molecule has 0 aliphatic carbocycles. The lowest BCUT2D eigenvalue weighted by Gasteiger charge is -2.37. The van der Waals surface area contributed by atoms with E-state index in [4.69, 9.17) is 9.47 Å². The number of thiophene rings is 1. The van der Waals surface area contributed by atoms with Crippen molar-refractivity contribution in [1.82, 2.24) is 9.80 Å². The molecule has 6 nitrogen and oxygen atoms in total. The average Bonchev–Trinajstić information content (AvgIpc) is 3.36. The second kappa shape index (κ2) is 11.6. The monoisotopic (exact) mass is 506 g/mol. The Balaban J connectivity index is 1.53. The number of fused-ring (bicyclic) bond motifs is 1. The van der Waals surface area contributed by atoms with Crippen molar-refractivity contribution in [3.8, 4) is 11.5 Å². The molecule has 190 valence electrons. The first-order valence-electron chi connectivity index (χ1n) is 12.3. The molecule has 7 heteroatoms. The van der Waals surface area contributed by atoms with Gasteiger partial charge in [0.25, 0.3) is 5.91 Å². The number of hydrogen-bond acceptors (Lipinski definition) is 5. The summed E-state index contributed by atoms with van der Waals surface area (Å²) in [5, 5.41) is 2.07. The van der Waals surface area contributed by atoms with Crippen LogP contribution in [-0.4, -0.2) is 55.0 Å². The molecule has 1 aromatic heterocycles. The second-order valence-corrected chi connectivity index (χ2v) is 10.6. The number of amides is 2. The van der Waals surface area contributed by atoms with E-state index < -0.39 is 0 Å². The summed E-state index contributed by atoms with van der Waals surface area (Å²) in [4.78, 5) is 31.9. The molecule has 1 unspecified atom stereocenters. The lowest BCUT2D eigenvalue weighted by atomic mass is 10.00. The highest BCUT2D eigenvalue weighted by Gasteiger charge is 2.33. The van der Waals surface area contributed by atoms with Crippen molar-refractivity contribution < 1.29 is 19.1 Å². The van der Waals surface area contributed by atoms with Crippen molar-refractivity contribution in [1.29, 1.82) is 0 Å². The van der Waals surface area contributed by atoms with Crippen LogP contribution in [0.4, 0.5) is 0 Å². The molecule has 0 spiro atoms. The van der Waals surface area contributed by atoms with Crippen molar-refractivity contribution in [2.45, 2.75) is 33.2 Å². The quantitative estimate of drug-likeness (QED) is 0.392. The predicted molar refractivity (Wildman–Crippen MR) is 143 cm³/mol. The number of carbonyl (C=O) groups is 2. The summed E-state index contributed by atoms with van der Waals surface area (Å²) in [6.07, 6.45) is 0.810. The summed E-state index contributed by atoms with van der Waals surface area (Å²) < 4.78 is 11.5. The number of hydrogen-bond donors (Lipinski definition) is 0. The third-order valence-electron chi connectivity index (χ3n) is 6.36. The van der Waals surface area contributed by atoms with Crippen molar-refractivity contribution in [2.75, 3.05) is 33.4 Å². The van der Waals surface area contributed by atoms with Crippen LogP contribution in [0.3, 0.4) is 0 Å². The van der Waals surface area contributed by atoms with Gasteiger partial charge in [-0.25, -0.2) is 0 Å². The molecule has 1 atom stereocenters. The van der Waals surface area contributed by atoms with Gasteiger partial charge in [0, 0.05) is 29.6 Å². The third kappa shape index (κ3) is 6.08. The van der Waals surface area contributed by atoms with Crippen LogP contribution < -0.4 is 9.47 Å². The smallest absolute Gasteiger partial charge is 0.254 e. The molecule has 0 N–H and O–H groups in total. The number of methoxy groups -OCH3 is 1. The van der Waals surface area contributed by atoms with Gasteiger partial charge in [0.2, 0.25) is 5.91 Å². The zero-order chi connectivity index (χ0) is 25.7. The number of benzene rings is 2. The fourth-order valence-electron chi connectivity index (χ4n) is 4.53. The first kappa shape index (κ1) is 25.8. The Labute approximate surface area is 217 Å². The number of nitrogens with zero attached hydrogens (tertiary/aromatic N) is 2. The molecule has 0 radical (unpaired) electrons. The maximum absolute atomic E-state index is 13.7. The Kier molecular flexibility index (Phi) is 8.31. The Morgan fingerprint density at radius 3 is 2.58 bits per heavy atom. The van der Waals surface area contributed by atoms with Crippen molar-refractivity contribution >= 4 is 23.2 Å². The minimum Gasteiger partial charge on any atom is -0.497 e. The van der Waals surface area contributed by atoms with Gasteiger partial charge in [-0.05, 0) is 60.5 Å². The molecule has 0 bridgehead atoms. The summed E-state index contributed by atoms with van der Waals surface area (Å²) in [6.45, 7) is 7.60. The van der Waals surface area contributed by atoms with E-state index in [9.17, 15) is 9.59 Å². The number of carbonyl (C=O) groups excluding carboxylic acids is 2. The Morgan fingerprint density at radius 2 is 1.86 bits per heavy atom. The second-order valence-electron chi connectivity index (χ2n) is 9.59. The predicted octanol–water partition coefficient (Wildman–Crippen LogP) is 5.37.